The number of esters is 1. The van der Waals surface area contributed by atoms with Crippen molar-refractivity contribution >= 4 is 28.2 Å². The van der Waals surface area contributed by atoms with Crippen molar-refractivity contribution in [1.29, 1.82) is 0 Å². The Labute approximate surface area is 158 Å². The Balaban J connectivity index is 1.38. The monoisotopic (exact) mass is 387 g/mol. The van der Waals surface area contributed by atoms with Crippen LogP contribution in [0.4, 0.5) is 0 Å². The molecule has 1 unspecified atom stereocenters. The molecule has 3 aromatic rings. The van der Waals surface area contributed by atoms with E-state index in [9.17, 15) is 14.4 Å². The summed E-state index contributed by atoms with van der Waals surface area (Å²) in [5.74, 6) is -0.752. The van der Waals surface area contributed by atoms with Crippen molar-refractivity contribution in [2.24, 2.45) is 5.92 Å². The molecule has 0 aliphatic carbocycles. The maximum atomic E-state index is 12.4. The summed E-state index contributed by atoms with van der Waals surface area (Å²) in [6, 6.07) is 4.62. The third-order valence-electron chi connectivity index (χ3n) is 4.49. The molecule has 4 rings (SSSR count). The minimum absolute atomic E-state index is 0.0644. The first-order valence-corrected chi connectivity index (χ1v) is 9.45. The third kappa shape index (κ3) is 3.63. The van der Waals surface area contributed by atoms with Gasteiger partial charge < -0.3 is 14.1 Å². The zero-order valence-corrected chi connectivity index (χ0v) is 15.2. The number of hydrogen-bond acceptors (Lipinski definition) is 7. The van der Waals surface area contributed by atoms with E-state index in [-0.39, 0.29) is 29.8 Å². The number of thiazole rings is 1. The number of nitrogens with zero attached hydrogens (tertiary/aromatic N) is 3. The lowest BCUT2D eigenvalue weighted by atomic mass is 9.98. The number of piperidine rings is 1. The summed E-state index contributed by atoms with van der Waals surface area (Å²) in [6.07, 6.45) is 4.47. The van der Waals surface area contributed by atoms with Gasteiger partial charge in [0, 0.05) is 30.7 Å². The second-order valence-electron chi connectivity index (χ2n) is 6.32. The molecule has 0 bridgehead atoms. The van der Waals surface area contributed by atoms with Crippen LogP contribution >= 0.6 is 11.3 Å². The van der Waals surface area contributed by atoms with Gasteiger partial charge in [0.1, 0.15) is 6.61 Å². The van der Waals surface area contributed by atoms with Gasteiger partial charge in [0.15, 0.2) is 10.7 Å². The Bertz CT molecular complexity index is 1020. The van der Waals surface area contributed by atoms with Crippen LogP contribution in [0.2, 0.25) is 0 Å². The Hall–Kier alpha value is -2.94. The van der Waals surface area contributed by atoms with Crippen LogP contribution in [-0.4, -0.2) is 39.3 Å². The quantitative estimate of drug-likeness (QED) is 0.635. The van der Waals surface area contributed by atoms with Crippen molar-refractivity contribution in [3.05, 3.63) is 57.8 Å². The van der Waals surface area contributed by atoms with Gasteiger partial charge in [-0.05, 0) is 25.0 Å². The number of carbonyl (C=O) groups excluding carboxylic acids is 2. The molecule has 1 saturated heterocycles. The first-order chi connectivity index (χ1) is 13.1. The first kappa shape index (κ1) is 17.5. The molecular formula is C18H17N3O5S. The maximum Gasteiger partial charge on any atom is 0.311 e. The van der Waals surface area contributed by atoms with Crippen molar-refractivity contribution in [2.75, 3.05) is 13.1 Å². The minimum atomic E-state index is -0.399. The van der Waals surface area contributed by atoms with Gasteiger partial charge in [0.05, 0.1) is 17.9 Å². The molecule has 4 heterocycles. The average molecular weight is 387 g/mol. The summed E-state index contributed by atoms with van der Waals surface area (Å²) < 4.78 is 11.9. The van der Waals surface area contributed by atoms with Gasteiger partial charge in [-0.1, -0.05) is 0 Å². The fourth-order valence-electron chi connectivity index (χ4n) is 3.13. The molecule has 3 aromatic heterocycles. The van der Waals surface area contributed by atoms with Crippen molar-refractivity contribution in [3.63, 3.8) is 0 Å². The number of fused-ring (bicyclic) bond motifs is 1. The average Bonchev–Trinajstić information content (AvgIpc) is 3.37. The van der Waals surface area contributed by atoms with Gasteiger partial charge in [-0.25, -0.2) is 4.98 Å². The number of rotatable bonds is 4. The maximum absolute atomic E-state index is 12.4. The normalized spacial score (nSPS) is 17.2. The second-order valence-corrected chi connectivity index (χ2v) is 7.19. The number of carbonyl (C=O) groups is 2. The zero-order chi connectivity index (χ0) is 18.8. The van der Waals surface area contributed by atoms with Crippen molar-refractivity contribution in [2.45, 2.75) is 19.4 Å². The summed E-state index contributed by atoms with van der Waals surface area (Å²) in [5.41, 5.74) is 0.204. The molecule has 140 valence electrons. The molecule has 0 saturated carbocycles. The molecule has 1 fully saturated rings. The molecule has 1 atom stereocenters. The van der Waals surface area contributed by atoms with E-state index < -0.39 is 5.92 Å². The number of hydrogen-bond donors (Lipinski definition) is 0. The van der Waals surface area contributed by atoms with E-state index >= 15 is 0 Å². The molecule has 0 radical (unpaired) electrons. The van der Waals surface area contributed by atoms with Gasteiger partial charge >= 0.3 is 5.97 Å². The number of furan rings is 1. The van der Waals surface area contributed by atoms with Gasteiger partial charge in [0.25, 0.3) is 11.5 Å². The highest BCUT2D eigenvalue weighted by Crippen LogP contribution is 2.20. The minimum Gasteiger partial charge on any atom is -0.459 e. The van der Waals surface area contributed by atoms with E-state index in [2.05, 4.69) is 4.98 Å². The molecule has 8 nitrogen and oxygen atoms in total. The Morgan fingerprint density at radius 2 is 2.30 bits per heavy atom. The van der Waals surface area contributed by atoms with Crippen LogP contribution in [0.3, 0.4) is 0 Å². The van der Waals surface area contributed by atoms with E-state index in [0.29, 0.717) is 36.6 Å². The Morgan fingerprint density at radius 3 is 3.11 bits per heavy atom. The Kier molecular flexibility index (Phi) is 4.76. The number of likely N-dealkylation sites (tertiary alicyclic amines) is 1. The molecule has 0 aromatic carbocycles. The van der Waals surface area contributed by atoms with Gasteiger partial charge in [-0.15, -0.1) is 11.3 Å². The van der Waals surface area contributed by atoms with Gasteiger partial charge in [0.2, 0.25) is 0 Å². The van der Waals surface area contributed by atoms with Crippen LogP contribution in [0.1, 0.15) is 29.1 Å². The lowest BCUT2D eigenvalue weighted by Gasteiger charge is -2.30. The molecular weight excluding hydrogens is 370 g/mol. The number of aromatic nitrogens is 2. The van der Waals surface area contributed by atoms with Gasteiger partial charge in [-0.2, -0.15) is 0 Å². The standard InChI is InChI=1S/C18H17N3O5S/c22-15-9-13(19-18-21(15)6-8-27-18)11-26-17(24)12-3-1-5-20(10-12)16(23)14-4-2-7-25-14/h2,4,6-9,12H,1,3,5,10-11H2. The highest BCUT2D eigenvalue weighted by atomic mass is 32.1. The fraction of sp³-hybridized carbons (Fsp3) is 0.333. The van der Waals surface area contributed by atoms with Crippen LogP contribution in [-0.2, 0) is 16.1 Å². The van der Waals surface area contributed by atoms with Crippen LogP contribution in [0.5, 0.6) is 0 Å². The highest BCUT2D eigenvalue weighted by molar-refractivity contribution is 7.15. The second kappa shape index (κ2) is 7.36. The Morgan fingerprint density at radius 1 is 1.41 bits per heavy atom. The largest absolute Gasteiger partial charge is 0.459 e. The summed E-state index contributed by atoms with van der Waals surface area (Å²) in [6.45, 7) is 0.806. The van der Waals surface area contributed by atoms with Crippen molar-refractivity contribution in [3.8, 4) is 0 Å². The summed E-state index contributed by atoms with van der Waals surface area (Å²) in [7, 11) is 0. The number of amides is 1. The van der Waals surface area contributed by atoms with Crippen molar-refractivity contribution in [1.82, 2.24) is 14.3 Å². The van der Waals surface area contributed by atoms with Crippen LogP contribution < -0.4 is 5.56 Å². The summed E-state index contributed by atoms with van der Waals surface area (Å²) >= 11 is 1.34. The van der Waals surface area contributed by atoms with E-state index in [4.69, 9.17) is 9.15 Å². The predicted octanol–water partition coefficient (Wildman–Crippen LogP) is 1.94. The van der Waals surface area contributed by atoms with E-state index in [0.717, 1.165) is 0 Å². The summed E-state index contributed by atoms with van der Waals surface area (Å²) in [5, 5.41) is 1.77. The van der Waals surface area contributed by atoms with E-state index in [1.54, 1.807) is 28.6 Å². The molecule has 9 heteroatoms. The lowest BCUT2D eigenvalue weighted by Crippen LogP contribution is -2.42. The molecule has 27 heavy (non-hydrogen) atoms. The molecule has 1 aliphatic heterocycles. The first-order valence-electron chi connectivity index (χ1n) is 8.57. The highest BCUT2D eigenvalue weighted by Gasteiger charge is 2.30. The van der Waals surface area contributed by atoms with Crippen molar-refractivity contribution < 1.29 is 18.7 Å². The third-order valence-corrected chi connectivity index (χ3v) is 5.25. The molecule has 0 N–H and O–H groups in total. The molecule has 0 spiro atoms. The number of ether oxygens (including phenoxy) is 1. The predicted molar refractivity (Wildman–Crippen MR) is 96.5 cm³/mol. The van der Waals surface area contributed by atoms with Crippen LogP contribution in [0.25, 0.3) is 4.96 Å². The van der Waals surface area contributed by atoms with Crippen LogP contribution in [0, 0.1) is 5.92 Å². The fourth-order valence-corrected chi connectivity index (χ4v) is 3.87. The molecule has 1 amide bonds. The topological polar surface area (TPSA) is 94.1 Å². The van der Waals surface area contributed by atoms with E-state index in [1.807, 2.05) is 0 Å². The molecule has 1 aliphatic rings. The van der Waals surface area contributed by atoms with E-state index in [1.165, 1.54) is 28.1 Å². The van der Waals surface area contributed by atoms with Crippen LogP contribution in [0.15, 0.2) is 45.3 Å². The SMILES string of the molecule is O=C(OCc1cc(=O)n2ccsc2n1)C1CCCN(C(=O)c2ccco2)C1. The lowest BCUT2D eigenvalue weighted by molar-refractivity contribution is -0.151. The smallest absolute Gasteiger partial charge is 0.311 e. The zero-order valence-electron chi connectivity index (χ0n) is 14.4. The summed E-state index contributed by atoms with van der Waals surface area (Å²) in [4.78, 5) is 43.3. The van der Waals surface area contributed by atoms with Gasteiger partial charge in [-0.3, -0.25) is 18.8 Å².